The average molecular weight is 251 g/mol. The zero-order valence-corrected chi connectivity index (χ0v) is 11.9. The maximum atomic E-state index is 5.77. The van der Waals surface area contributed by atoms with Crippen LogP contribution in [0.3, 0.4) is 0 Å². The van der Waals surface area contributed by atoms with Crippen LogP contribution in [-0.4, -0.2) is 26.5 Å². The molecule has 0 aliphatic rings. The van der Waals surface area contributed by atoms with Gasteiger partial charge in [-0.3, -0.25) is 5.32 Å². The first-order valence-corrected chi connectivity index (χ1v) is 6.61. The van der Waals surface area contributed by atoms with Crippen LogP contribution < -0.4 is 5.32 Å². The lowest BCUT2D eigenvalue weighted by Crippen LogP contribution is -2.27. The summed E-state index contributed by atoms with van der Waals surface area (Å²) in [5.41, 5.74) is 2.43. The molecule has 0 bridgehead atoms. The smallest absolute Gasteiger partial charge is 0.108 e. The summed E-state index contributed by atoms with van der Waals surface area (Å²) in [6.07, 6.45) is 1.12. The molecule has 0 amide bonds. The maximum Gasteiger partial charge on any atom is 0.108 e. The number of ether oxygens (including phenoxy) is 2. The van der Waals surface area contributed by atoms with Crippen molar-refractivity contribution in [3.63, 3.8) is 0 Å². The van der Waals surface area contributed by atoms with Gasteiger partial charge in [0.1, 0.15) is 6.10 Å². The van der Waals surface area contributed by atoms with Gasteiger partial charge in [0.2, 0.25) is 0 Å². The Morgan fingerprint density at radius 1 is 1.28 bits per heavy atom. The Bertz CT molecular complexity index is 341. The lowest BCUT2D eigenvalue weighted by molar-refractivity contribution is -0.0543. The summed E-state index contributed by atoms with van der Waals surface area (Å²) in [6, 6.07) is 8.28. The minimum absolute atomic E-state index is 0.0189. The number of rotatable bonds is 8. The Morgan fingerprint density at radius 2 is 2.00 bits per heavy atom. The average Bonchev–Trinajstić information content (AvgIpc) is 2.38. The monoisotopic (exact) mass is 251 g/mol. The zero-order valence-electron chi connectivity index (χ0n) is 11.9. The fourth-order valence-corrected chi connectivity index (χ4v) is 2.00. The van der Waals surface area contributed by atoms with Crippen LogP contribution in [0.4, 0.5) is 0 Å². The second-order valence-corrected chi connectivity index (χ2v) is 4.53. The number of hydrogen-bond acceptors (Lipinski definition) is 3. The molecule has 1 rings (SSSR count). The van der Waals surface area contributed by atoms with Crippen molar-refractivity contribution < 1.29 is 9.47 Å². The van der Waals surface area contributed by atoms with E-state index in [-0.39, 0.29) is 12.2 Å². The molecule has 102 valence electrons. The highest BCUT2D eigenvalue weighted by Gasteiger charge is 2.20. The number of methoxy groups -OCH3 is 1. The highest BCUT2D eigenvalue weighted by atomic mass is 16.5. The van der Waals surface area contributed by atoms with Crippen molar-refractivity contribution in [3.8, 4) is 0 Å². The Kier molecular flexibility index (Phi) is 6.94. The molecule has 0 saturated carbocycles. The van der Waals surface area contributed by atoms with Gasteiger partial charge in [-0.15, -0.1) is 0 Å². The molecular formula is C15H25NO2. The predicted molar refractivity (Wildman–Crippen MR) is 74.6 cm³/mol. The Hall–Kier alpha value is -0.900. The number of hydrogen-bond donors (Lipinski definition) is 1. The summed E-state index contributed by atoms with van der Waals surface area (Å²) in [5, 5.41) is 3.23. The molecule has 3 heteroatoms. The molecular weight excluding hydrogens is 226 g/mol. The van der Waals surface area contributed by atoms with E-state index in [9.17, 15) is 0 Å². The van der Waals surface area contributed by atoms with Gasteiger partial charge in [0.05, 0.1) is 12.8 Å². The van der Waals surface area contributed by atoms with Crippen LogP contribution >= 0.6 is 0 Å². The van der Waals surface area contributed by atoms with Gasteiger partial charge in [0.25, 0.3) is 0 Å². The third kappa shape index (κ3) is 4.41. The van der Waals surface area contributed by atoms with E-state index in [0.29, 0.717) is 6.73 Å². The summed E-state index contributed by atoms with van der Waals surface area (Å²) in [7, 11) is 1.73. The summed E-state index contributed by atoms with van der Waals surface area (Å²) >= 11 is 0. The van der Waals surface area contributed by atoms with Crippen molar-refractivity contribution in [2.75, 3.05) is 20.4 Å². The molecule has 18 heavy (non-hydrogen) atoms. The second kappa shape index (κ2) is 8.25. The highest BCUT2D eigenvalue weighted by molar-refractivity contribution is 5.28. The van der Waals surface area contributed by atoms with Crippen LogP contribution in [-0.2, 0) is 9.47 Å². The SMILES string of the molecule is CCCNCOC(C)C(OC)c1ccccc1C. The molecule has 0 fully saturated rings. The topological polar surface area (TPSA) is 30.5 Å². The van der Waals surface area contributed by atoms with Crippen molar-refractivity contribution in [2.24, 2.45) is 0 Å². The molecule has 0 radical (unpaired) electrons. The third-order valence-corrected chi connectivity index (χ3v) is 3.05. The molecule has 2 unspecified atom stereocenters. The quantitative estimate of drug-likeness (QED) is 0.569. The van der Waals surface area contributed by atoms with Crippen LogP contribution in [0.5, 0.6) is 0 Å². The van der Waals surface area contributed by atoms with Crippen molar-refractivity contribution in [2.45, 2.75) is 39.4 Å². The molecule has 0 heterocycles. The van der Waals surface area contributed by atoms with E-state index < -0.39 is 0 Å². The second-order valence-electron chi connectivity index (χ2n) is 4.53. The van der Waals surface area contributed by atoms with E-state index in [1.54, 1.807) is 7.11 Å². The largest absolute Gasteiger partial charge is 0.374 e. The van der Waals surface area contributed by atoms with Crippen molar-refractivity contribution in [1.29, 1.82) is 0 Å². The lowest BCUT2D eigenvalue weighted by Gasteiger charge is -2.25. The highest BCUT2D eigenvalue weighted by Crippen LogP contribution is 2.25. The van der Waals surface area contributed by atoms with Gasteiger partial charge in [0, 0.05) is 7.11 Å². The van der Waals surface area contributed by atoms with Crippen LogP contribution in [0, 0.1) is 6.92 Å². The summed E-state index contributed by atoms with van der Waals surface area (Å²) < 4.78 is 11.4. The molecule has 1 aromatic carbocycles. The zero-order chi connectivity index (χ0) is 13.4. The van der Waals surface area contributed by atoms with Crippen LogP contribution in [0.1, 0.15) is 37.5 Å². The minimum atomic E-state index is -0.0189. The first kappa shape index (κ1) is 15.2. The first-order chi connectivity index (χ1) is 8.70. The predicted octanol–water partition coefficient (Wildman–Crippen LogP) is 3.04. The summed E-state index contributed by atoms with van der Waals surface area (Å²) in [4.78, 5) is 0. The van der Waals surface area contributed by atoms with E-state index in [1.165, 1.54) is 11.1 Å². The molecule has 3 nitrogen and oxygen atoms in total. The molecule has 2 atom stereocenters. The molecule has 0 aliphatic carbocycles. The van der Waals surface area contributed by atoms with Crippen molar-refractivity contribution in [1.82, 2.24) is 5.32 Å². The maximum absolute atomic E-state index is 5.77. The number of nitrogens with one attached hydrogen (secondary N) is 1. The first-order valence-electron chi connectivity index (χ1n) is 6.61. The van der Waals surface area contributed by atoms with Gasteiger partial charge in [-0.1, -0.05) is 31.2 Å². The van der Waals surface area contributed by atoms with Gasteiger partial charge in [-0.25, -0.2) is 0 Å². The normalized spacial score (nSPS) is 14.4. The van der Waals surface area contributed by atoms with Gasteiger partial charge < -0.3 is 9.47 Å². The van der Waals surface area contributed by atoms with Crippen LogP contribution in [0.25, 0.3) is 0 Å². The molecule has 1 N–H and O–H groups in total. The number of benzene rings is 1. The van der Waals surface area contributed by atoms with E-state index in [0.717, 1.165) is 13.0 Å². The van der Waals surface area contributed by atoms with Gasteiger partial charge >= 0.3 is 0 Å². The van der Waals surface area contributed by atoms with Gasteiger partial charge in [-0.2, -0.15) is 0 Å². The van der Waals surface area contributed by atoms with E-state index in [2.05, 4.69) is 31.3 Å². The van der Waals surface area contributed by atoms with Gasteiger partial charge in [-0.05, 0) is 37.9 Å². The minimum Gasteiger partial charge on any atom is -0.374 e. The fraction of sp³-hybridized carbons (Fsp3) is 0.600. The molecule has 0 saturated heterocycles. The van der Waals surface area contributed by atoms with E-state index >= 15 is 0 Å². The summed E-state index contributed by atoms with van der Waals surface area (Å²) in [5.74, 6) is 0. The molecule has 0 aliphatic heterocycles. The van der Waals surface area contributed by atoms with Crippen LogP contribution in [0.2, 0.25) is 0 Å². The standard InChI is InChI=1S/C15H25NO2/c1-5-10-16-11-18-13(3)15(17-4)14-9-7-6-8-12(14)2/h6-9,13,15-16H,5,10-11H2,1-4H3. The van der Waals surface area contributed by atoms with E-state index in [4.69, 9.17) is 9.47 Å². The van der Waals surface area contributed by atoms with Crippen molar-refractivity contribution >= 4 is 0 Å². The summed E-state index contributed by atoms with van der Waals surface area (Å²) in [6.45, 7) is 7.84. The molecule has 1 aromatic rings. The van der Waals surface area contributed by atoms with Crippen molar-refractivity contribution in [3.05, 3.63) is 35.4 Å². The number of aryl methyl sites for hydroxylation is 1. The van der Waals surface area contributed by atoms with Gasteiger partial charge in [0.15, 0.2) is 0 Å². The fourth-order valence-electron chi connectivity index (χ4n) is 2.00. The Morgan fingerprint density at radius 3 is 2.61 bits per heavy atom. The Labute approximate surface area is 110 Å². The molecule has 0 aromatic heterocycles. The van der Waals surface area contributed by atoms with Crippen LogP contribution in [0.15, 0.2) is 24.3 Å². The Balaban J connectivity index is 2.57. The lowest BCUT2D eigenvalue weighted by atomic mass is 10.00. The van der Waals surface area contributed by atoms with E-state index in [1.807, 2.05) is 19.1 Å². The molecule has 0 spiro atoms. The third-order valence-electron chi connectivity index (χ3n) is 3.05.